The number of carboxylic acids is 1. The van der Waals surface area contributed by atoms with Crippen LogP contribution >= 0.6 is 11.3 Å². The Balaban J connectivity index is 2.22. The van der Waals surface area contributed by atoms with Crippen LogP contribution in [0.3, 0.4) is 0 Å². The predicted octanol–water partition coefficient (Wildman–Crippen LogP) is 2.92. The lowest BCUT2D eigenvalue weighted by molar-refractivity contribution is -0.138. The van der Waals surface area contributed by atoms with Crippen LogP contribution in [-0.2, 0) is 9.53 Å². The number of carbonyl (C=O) groups is 1. The fourth-order valence-electron chi connectivity index (χ4n) is 2.34. The second-order valence-electron chi connectivity index (χ2n) is 4.69. The van der Waals surface area contributed by atoms with E-state index in [1.54, 1.807) is 11.3 Å². The zero-order chi connectivity index (χ0) is 13.1. The quantitative estimate of drug-likeness (QED) is 0.913. The van der Waals surface area contributed by atoms with Gasteiger partial charge in [0.1, 0.15) is 0 Å². The summed E-state index contributed by atoms with van der Waals surface area (Å²) in [5.74, 6) is -0.707. The number of nitrogens with zero attached hydrogens (tertiary/aromatic N) is 1. The molecule has 1 saturated heterocycles. The molecule has 1 fully saturated rings. The minimum absolute atomic E-state index is 0.406. The molecule has 1 aromatic rings. The Labute approximate surface area is 111 Å². The molecule has 100 valence electrons. The lowest BCUT2D eigenvalue weighted by atomic mass is 10.0. The van der Waals surface area contributed by atoms with Gasteiger partial charge in [-0.2, -0.15) is 0 Å². The Morgan fingerprint density at radius 3 is 2.78 bits per heavy atom. The van der Waals surface area contributed by atoms with Crippen LogP contribution in [0, 0.1) is 6.92 Å². The Morgan fingerprint density at radius 1 is 1.56 bits per heavy atom. The monoisotopic (exact) mass is 269 g/mol. The van der Waals surface area contributed by atoms with Crippen molar-refractivity contribution in [1.29, 1.82) is 0 Å². The highest BCUT2D eigenvalue weighted by Gasteiger charge is 2.26. The number of thiazole rings is 1. The van der Waals surface area contributed by atoms with Crippen molar-refractivity contribution in [3.63, 3.8) is 0 Å². The molecule has 0 amide bonds. The average molecular weight is 269 g/mol. The Morgan fingerprint density at radius 2 is 2.22 bits per heavy atom. The third-order valence-corrected chi connectivity index (χ3v) is 4.88. The molecule has 0 saturated carbocycles. The largest absolute Gasteiger partial charge is 0.481 e. The molecule has 4 nitrogen and oxygen atoms in total. The zero-order valence-corrected chi connectivity index (χ0v) is 11.6. The van der Waals surface area contributed by atoms with Crippen molar-refractivity contribution < 1.29 is 14.6 Å². The van der Waals surface area contributed by atoms with Crippen molar-refractivity contribution in [3.05, 3.63) is 15.6 Å². The standard InChI is InChI=1S/C13H19NO3S/c1-3-10(13(15)16)11-8(2)14-12(18-11)9-4-6-17-7-5-9/h9-10H,3-7H2,1-2H3,(H,15,16). The van der Waals surface area contributed by atoms with E-state index >= 15 is 0 Å². The molecule has 1 aliphatic heterocycles. The highest BCUT2D eigenvalue weighted by molar-refractivity contribution is 7.12. The van der Waals surface area contributed by atoms with Crippen LogP contribution in [0.1, 0.15) is 53.6 Å². The smallest absolute Gasteiger partial charge is 0.311 e. The highest BCUT2D eigenvalue weighted by atomic mass is 32.1. The van der Waals surface area contributed by atoms with E-state index in [9.17, 15) is 9.90 Å². The number of hydrogen-bond donors (Lipinski definition) is 1. The average Bonchev–Trinajstić information content (AvgIpc) is 2.73. The Kier molecular flexibility index (Phi) is 4.35. The first-order valence-corrected chi connectivity index (χ1v) is 7.22. The van der Waals surface area contributed by atoms with Crippen LogP contribution in [0.5, 0.6) is 0 Å². The maximum atomic E-state index is 11.2. The maximum Gasteiger partial charge on any atom is 0.311 e. The van der Waals surface area contributed by atoms with E-state index in [4.69, 9.17) is 4.74 Å². The molecule has 2 rings (SSSR count). The van der Waals surface area contributed by atoms with E-state index in [1.807, 2.05) is 13.8 Å². The van der Waals surface area contributed by atoms with Gasteiger partial charge in [0.15, 0.2) is 0 Å². The molecular formula is C13H19NO3S. The van der Waals surface area contributed by atoms with Gasteiger partial charge in [-0.25, -0.2) is 4.98 Å². The Hall–Kier alpha value is -0.940. The molecule has 1 atom stereocenters. The number of hydrogen-bond acceptors (Lipinski definition) is 4. The second kappa shape index (κ2) is 5.80. The molecule has 0 aliphatic carbocycles. The number of aromatic nitrogens is 1. The van der Waals surface area contributed by atoms with Crippen molar-refractivity contribution >= 4 is 17.3 Å². The topological polar surface area (TPSA) is 59.4 Å². The van der Waals surface area contributed by atoms with E-state index in [2.05, 4.69) is 4.98 Å². The molecule has 0 bridgehead atoms. The number of ether oxygens (including phenoxy) is 1. The molecule has 5 heteroatoms. The lowest BCUT2D eigenvalue weighted by Crippen LogP contribution is -2.13. The third-order valence-electron chi connectivity index (χ3n) is 3.44. The Bertz CT molecular complexity index is 424. The van der Waals surface area contributed by atoms with Crippen LogP contribution in [0.25, 0.3) is 0 Å². The summed E-state index contributed by atoms with van der Waals surface area (Å²) in [6.07, 6.45) is 2.61. The van der Waals surface area contributed by atoms with Gasteiger partial charge in [0.25, 0.3) is 0 Å². The van der Waals surface area contributed by atoms with Crippen molar-refractivity contribution in [2.75, 3.05) is 13.2 Å². The molecule has 18 heavy (non-hydrogen) atoms. The molecule has 1 aromatic heterocycles. The third kappa shape index (κ3) is 2.72. The SMILES string of the molecule is CCC(C(=O)O)c1sc(C2CCOCC2)nc1C. The summed E-state index contributed by atoms with van der Waals surface area (Å²) < 4.78 is 5.35. The van der Waals surface area contributed by atoms with E-state index in [0.29, 0.717) is 12.3 Å². The van der Waals surface area contributed by atoms with Gasteiger partial charge in [0.2, 0.25) is 0 Å². The van der Waals surface area contributed by atoms with Crippen LogP contribution in [-0.4, -0.2) is 29.3 Å². The first kappa shape index (κ1) is 13.5. The van der Waals surface area contributed by atoms with Crippen LogP contribution in [0.15, 0.2) is 0 Å². The number of aliphatic carboxylic acids is 1. The van der Waals surface area contributed by atoms with E-state index in [-0.39, 0.29) is 0 Å². The van der Waals surface area contributed by atoms with Crippen molar-refractivity contribution in [2.45, 2.75) is 44.9 Å². The summed E-state index contributed by atoms with van der Waals surface area (Å²) in [6, 6.07) is 0. The molecule has 0 spiro atoms. The second-order valence-corrected chi connectivity index (χ2v) is 5.75. The van der Waals surface area contributed by atoms with Crippen molar-refractivity contribution in [3.8, 4) is 0 Å². The summed E-state index contributed by atoms with van der Waals surface area (Å²) in [5, 5.41) is 10.3. The lowest BCUT2D eigenvalue weighted by Gasteiger charge is -2.19. The minimum Gasteiger partial charge on any atom is -0.481 e. The maximum absolute atomic E-state index is 11.2. The predicted molar refractivity (Wildman–Crippen MR) is 70.3 cm³/mol. The van der Waals surface area contributed by atoms with Crippen LogP contribution in [0.4, 0.5) is 0 Å². The van der Waals surface area contributed by atoms with Crippen molar-refractivity contribution in [2.24, 2.45) is 0 Å². The molecular weight excluding hydrogens is 250 g/mol. The van der Waals surface area contributed by atoms with E-state index in [1.165, 1.54) is 0 Å². The van der Waals surface area contributed by atoms with Gasteiger partial charge in [0, 0.05) is 24.0 Å². The van der Waals surface area contributed by atoms with Gasteiger partial charge >= 0.3 is 5.97 Å². The molecule has 1 N–H and O–H groups in total. The van der Waals surface area contributed by atoms with Gasteiger partial charge < -0.3 is 9.84 Å². The summed E-state index contributed by atoms with van der Waals surface area (Å²) in [7, 11) is 0. The van der Waals surface area contributed by atoms with Crippen molar-refractivity contribution in [1.82, 2.24) is 4.98 Å². The normalized spacial score (nSPS) is 18.8. The zero-order valence-electron chi connectivity index (χ0n) is 10.8. The van der Waals surface area contributed by atoms with Gasteiger partial charge in [0.05, 0.1) is 16.6 Å². The summed E-state index contributed by atoms with van der Waals surface area (Å²) >= 11 is 1.58. The van der Waals surface area contributed by atoms with Crippen LogP contribution < -0.4 is 0 Å². The van der Waals surface area contributed by atoms with Gasteiger partial charge in [-0.3, -0.25) is 4.79 Å². The summed E-state index contributed by atoms with van der Waals surface area (Å²) in [6.45, 7) is 5.40. The number of carboxylic acid groups (broad SMARTS) is 1. The number of aryl methyl sites for hydroxylation is 1. The van der Waals surface area contributed by atoms with Gasteiger partial charge in [-0.05, 0) is 26.2 Å². The molecule has 1 unspecified atom stereocenters. The van der Waals surface area contributed by atoms with Gasteiger partial charge in [-0.15, -0.1) is 11.3 Å². The van der Waals surface area contributed by atoms with E-state index < -0.39 is 11.9 Å². The fraction of sp³-hybridized carbons (Fsp3) is 0.692. The molecule has 0 radical (unpaired) electrons. The molecule has 1 aliphatic rings. The summed E-state index contributed by atoms with van der Waals surface area (Å²) in [5.41, 5.74) is 0.885. The minimum atomic E-state index is -0.747. The first-order valence-electron chi connectivity index (χ1n) is 6.41. The molecule has 0 aromatic carbocycles. The van der Waals surface area contributed by atoms with E-state index in [0.717, 1.165) is 41.6 Å². The summed E-state index contributed by atoms with van der Waals surface area (Å²) in [4.78, 5) is 16.7. The fourth-order valence-corrected chi connectivity index (χ4v) is 3.76. The first-order chi connectivity index (χ1) is 8.63. The van der Waals surface area contributed by atoms with Crippen LogP contribution in [0.2, 0.25) is 0 Å². The highest BCUT2D eigenvalue weighted by Crippen LogP contribution is 2.36. The molecule has 2 heterocycles. The number of rotatable bonds is 4. The van der Waals surface area contributed by atoms with Gasteiger partial charge in [-0.1, -0.05) is 6.92 Å².